The highest BCUT2D eigenvalue weighted by atomic mass is 16.6. The summed E-state index contributed by atoms with van der Waals surface area (Å²) >= 11 is 0. The smallest absolute Gasteiger partial charge is 0.408 e. The van der Waals surface area contributed by atoms with Crippen molar-refractivity contribution in [3.05, 3.63) is 0 Å². The van der Waals surface area contributed by atoms with Gasteiger partial charge in [-0.25, -0.2) is 4.79 Å². The van der Waals surface area contributed by atoms with Crippen molar-refractivity contribution in [1.82, 2.24) is 10.6 Å². The number of nitrogens with two attached hydrogens (primary N) is 1. The highest BCUT2D eigenvalue weighted by Gasteiger charge is 2.16. The average Bonchev–Trinajstić information content (AvgIpc) is 2.08. The summed E-state index contributed by atoms with van der Waals surface area (Å²) in [5.41, 5.74) is 4.20. The van der Waals surface area contributed by atoms with Gasteiger partial charge in [-0.1, -0.05) is 0 Å². The van der Waals surface area contributed by atoms with Gasteiger partial charge in [0, 0.05) is 0 Å². The molecule has 0 heterocycles. The van der Waals surface area contributed by atoms with Crippen LogP contribution in [0.25, 0.3) is 0 Å². The van der Waals surface area contributed by atoms with Gasteiger partial charge in [-0.15, -0.1) is 0 Å². The van der Waals surface area contributed by atoms with Gasteiger partial charge in [-0.05, 0) is 20.8 Å². The largest absolute Gasteiger partial charge is 0.444 e. The summed E-state index contributed by atoms with van der Waals surface area (Å²) in [6, 6.07) is 0. The highest BCUT2D eigenvalue weighted by molar-refractivity contribution is 5.86. The molecule has 0 atom stereocenters. The summed E-state index contributed by atoms with van der Waals surface area (Å²) < 4.78 is 4.89. The van der Waals surface area contributed by atoms with Crippen LogP contribution in [-0.4, -0.2) is 36.6 Å². The van der Waals surface area contributed by atoms with Gasteiger partial charge in [-0.3, -0.25) is 9.59 Å². The molecule has 0 aromatic carbocycles. The van der Waals surface area contributed by atoms with E-state index in [1.807, 2.05) is 0 Å². The van der Waals surface area contributed by atoms with Crippen molar-refractivity contribution in [3.63, 3.8) is 0 Å². The van der Waals surface area contributed by atoms with E-state index in [9.17, 15) is 14.4 Å². The lowest BCUT2D eigenvalue weighted by molar-refractivity contribution is -0.124. The molecule has 0 aliphatic heterocycles. The second-order valence-corrected chi connectivity index (χ2v) is 4.10. The van der Waals surface area contributed by atoms with Crippen molar-refractivity contribution in [2.45, 2.75) is 26.4 Å². The van der Waals surface area contributed by atoms with Crippen LogP contribution >= 0.6 is 0 Å². The standard InChI is InChI=1S/C9H17N3O4/c1-9(2,3)16-8(15)12-5-7(14)11-4-6(10)13/h4-5H2,1-3H3,(H2,10,13)(H,11,14)(H,12,15). The molecule has 0 rings (SSSR count). The molecular weight excluding hydrogens is 214 g/mol. The quantitative estimate of drug-likeness (QED) is 0.583. The summed E-state index contributed by atoms with van der Waals surface area (Å²) in [5.74, 6) is -1.16. The summed E-state index contributed by atoms with van der Waals surface area (Å²) in [4.78, 5) is 32.4. The Labute approximate surface area is 93.7 Å². The number of amides is 3. The van der Waals surface area contributed by atoms with Crippen LogP contribution in [0.5, 0.6) is 0 Å². The zero-order valence-electron chi connectivity index (χ0n) is 9.62. The Morgan fingerprint density at radius 2 is 1.69 bits per heavy atom. The van der Waals surface area contributed by atoms with Crippen LogP contribution < -0.4 is 16.4 Å². The van der Waals surface area contributed by atoms with Crippen LogP contribution in [-0.2, 0) is 14.3 Å². The predicted molar refractivity (Wildman–Crippen MR) is 56.4 cm³/mol. The maximum atomic E-state index is 11.1. The molecule has 0 radical (unpaired) electrons. The van der Waals surface area contributed by atoms with Crippen molar-refractivity contribution >= 4 is 17.9 Å². The zero-order valence-corrected chi connectivity index (χ0v) is 9.62. The molecule has 0 saturated heterocycles. The van der Waals surface area contributed by atoms with E-state index in [1.54, 1.807) is 20.8 Å². The van der Waals surface area contributed by atoms with Crippen molar-refractivity contribution in [1.29, 1.82) is 0 Å². The highest BCUT2D eigenvalue weighted by Crippen LogP contribution is 2.05. The van der Waals surface area contributed by atoms with Gasteiger partial charge in [0.05, 0.1) is 6.54 Å². The molecule has 4 N–H and O–H groups in total. The van der Waals surface area contributed by atoms with E-state index < -0.39 is 23.5 Å². The molecule has 0 aromatic heterocycles. The molecular formula is C9H17N3O4. The number of hydrogen-bond donors (Lipinski definition) is 3. The molecule has 0 aromatic rings. The Morgan fingerprint density at radius 3 is 2.12 bits per heavy atom. The molecule has 0 aliphatic rings. The second-order valence-electron chi connectivity index (χ2n) is 4.10. The van der Waals surface area contributed by atoms with E-state index >= 15 is 0 Å². The minimum absolute atomic E-state index is 0.255. The van der Waals surface area contributed by atoms with Gasteiger partial charge in [0.15, 0.2) is 0 Å². The summed E-state index contributed by atoms with van der Waals surface area (Å²) in [6.45, 7) is 4.61. The third-order valence-electron chi connectivity index (χ3n) is 1.25. The normalized spacial score (nSPS) is 10.4. The van der Waals surface area contributed by atoms with Gasteiger partial charge in [0.25, 0.3) is 0 Å². The number of alkyl carbamates (subject to hydrolysis) is 1. The molecule has 92 valence electrons. The lowest BCUT2D eigenvalue weighted by atomic mass is 10.2. The number of hydrogen-bond acceptors (Lipinski definition) is 4. The Balaban J connectivity index is 3.76. The first-order chi connectivity index (χ1) is 7.20. The van der Waals surface area contributed by atoms with E-state index in [0.29, 0.717) is 0 Å². The fourth-order valence-corrected chi connectivity index (χ4v) is 0.715. The van der Waals surface area contributed by atoms with Crippen LogP contribution in [0.15, 0.2) is 0 Å². The summed E-state index contributed by atoms with van der Waals surface area (Å²) in [5, 5.41) is 4.45. The third-order valence-corrected chi connectivity index (χ3v) is 1.25. The van der Waals surface area contributed by atoms with Crippen LogP contribution in [0, 0.1) is 0 Å². The van der Waals surface area contributed by atoms with Crippen LogP contribution in [0.1, 0.15) is 20.8 Å². The fourth-order valence-electron chi connectivity index (χ4n) is 0.715. The monoisotopic (exact) mass is 231 g/mol. The number of ether oxygens (including phenoxy) is 1. The maximum absolute atomic E-state index is 11.1. The maximum Gasteiger partial charge on any atom is 0.408 e. The SMILES string of the molecule is CC(C)(C)OC(=O)NCC(=O)NCC(N)=O. The van der Waals surface area contributed by atoms with E-state index in [0.717, 1.165) is 0 Å². The molecule has 0 bridgehead atoms. The van der Waals surface area contributed by atoms with Crippen molar-refractivity contribution in [2.24, 2.45) is 5.73 Å². The predicted octanol–water partition coefficient (Wildman–Crippen LogP) is -0.887. The topological polar surface area (TPSA) is 111 Å². The molecule has 0 unspecified atom stereocenters. The molecule has 16 heavy (non-hydrogen) atoms. The van der Waals surface area contributed by atoms with Gasteiger partial charge in [0.2, 0.25) is 11.8 Å². The Bertz CT molecular complexity index is 283. The molecule has 0 aliphatic carbocycles. The minimum Gasteiger partial charge on any atom is -0.444 e. The second kappa shape index (κ2) is 5.94. The molecule has 0 spiro atoms. The fraction of sp³-hybridized carbons (Fsp3) is 0.667. The first-order valence-electron chi connectivity index (χ1n) is 4.72. The summed E-state index contributed by atoms with van der Waals surface area (Å²) in [7, 11) is 0. The van der Waals surface area contributed by atoms with Crippen LogP contribution in [0.4, 0.5) is 4.79 Å². The van der Waals surface area contributed by atoms with Crippen molar-refractivity contribution in [2.75, 3.05) is 13.1 Å². The molecule has 0 fully saturated rings. The van der Waals surface area contributed by atoms with Gasteiger partial charge < -0.3 is 21.1 Å². The number of primary amides is 1. The van der Waals surface area contributed by atoms with Gasteiger partial charge in [0.1, 0.15) is 12.1 Å². The number of nitrogens with one attached hydrogen (secondary N) is 2. The van der Waals surface area contributed by atoms with Gasteiger partial charge in [-0.2, -0.15) is 0 Å². The Morgan fingerprint density at radius 1 is 1.12 bits per heavy atom. The van der Waals surface area contributed by atoms with Crippen LogP contribution in [0.3, 0.4) is 0 Å². The molecule has 7 nitrogen and oxygen atoms in total. The van der Waals surface area contributed by atoms with Crippen molar-refractivity contribution < 1.29 is 19.1 Å². The van der Waals surface area contributed by atoms with Crippen molar-refractivity contribution in [3.8, 4) is 0 Å². The lowest BCUT2D eigenvalue weighted by Crippen LogP contribution is -2.42. The average molecular weight is 231 g/mol. The Hall–Kier alpha value is -1.79. The molecule has 3 amide bonds. The zero-order chi connectivity index (χ0) is 12.8. The lowest BCUT2D eigenvalue weighted by Gasteiger charge is -2.19. The first kappa shape index (κ1) is 14.2. The Kier molecular flexibility index (Phi) is 5.27. The molecule has 0 saturated carbocycles. The van der Waals surface area contributed by atoms with Crippen LogP contribution in [0.2, 0.25) is 0 Å². The number of carbonyl (C=O) groups is 3. The number of rotatable bonds is 4. The van der Waals surface area contributed by atoms with E-state index in [1.165, 1.54) is 0 Å². The number of carbonyl (C=O) groups excluding carboxylic acids is 3. The minimum atomic E-state index is -0.693. The van der Waals surface area contributed by atoms with Gasteiger partial charge >= 0.3 is 6.09 Å². The molecule has 7 heteroatoms. The third kappa shape index (κ3) is 8.79. The van der Waals surface area contributed by atoms with E-state index in [4.69, 9.17) is 10.5 Å². The van der Waals surface area contributed by atoms with E-state index in [-0.39, 0.29) is 13.1 Å². The first-order valence-corrected chi connectivity index (χ1v) is 4.72. The summed E-state index contributed by atoms with van der Waals surface area (Å²) in [6.07, 6.45) is -0.693. The van der Waals surface area contributed by atoms with E-state index in [2.05, 4.69) is 10.6 Å².